The van der Waals surface area contributed by atoms with E-state index in [1.54, 1.807) is 0 Å². The van der Waals surface area contributed by atoms with Crippen LogP contribution in [0.3, 0.4) is 0 Å². The number of rotatable bonds is 6. The SMILES string of the molecule is CCC(C)CN(CC)c1c(C(N)=S)c(C)nn1C. The molecule has 18 heavy (non-hydrogen) atoms. The molecule has 1 atom stereocenters. The Hall–Kier alpha value is -1.10. The van der Waals surface area contributed by atoms with Gasteiger partial charge in [0.25, 0.3) is 0 Å². The molecule has 102 valence electrons. The summed E-state index contributed by atoms with van der Waals surface area (Å²) >= 11 is 5.16. The fourth-order valence-corrected chi connectivity index (χ4v) is 2.41. The molecule has 5 heteroatoms. The number of nitrogens with two attached hydrogens (primary N) is 1. The van der Waals surface area contributed by atoms with E-state index in [-0.39, 0.29) is 0 Å². The maximum atomic E-state index is 5.84. The van der Waals surface area contributed by atoms with E-state index in [0.29, 0.717) is 10.9 Å². The van der Waals surface area contributed by atoms with Crippen LogP contribution in [0.5, 0.6) is 0 Å². The zero-order valence-electron chi connectivity index (χ0n) is 12.0. The second-order valence-corrected chi connectivity index (χ2v) is 5.26. The zero-order chi connectivity index (χ0) is 13.9. The van der Waals surface area contributed by atoms with E-state index in [4.69, 9.17) is 18.0 Å². The van der Waals surface area contributed by atoms with Crippen LogP contribution in [0.4, 0.5) is 5.82 Å². The number of anilines is 1. The number of aryl methyl sites for hydroxylation is 2. The molecule has 1 heterocycles. The summed E-state index contributed by atoms with van der Waals surface area (Å²) in [5, 5.41) is 4.44. The first-order chi connectivity index (χ1) is 8.42. The lowest BCUT2D eigenvalue weighted by atomic mass is 10.1. The molecular formula is C13H24N4S. The van der Waals surface area contributed by atoms with Crippen LogP contribution in [-0.2, 0) is 7.05 Å². The molecule has 1 rings (SSSR count). The van der Waals surface area contributed by atoms with Crippen LogP contribution in [0.1, 0.15) is 38.4 Å². The standard InChI is InChI=1S/C13H24N4S/c1-6-9(3)8-17(7-2)13-11(12(14)18)10(4)15-16(13)5/h9H,6-8H2,1-5H3,(H2,14,18). The molecule has 0 spiro atoms. The van der Waals surface area contributed by atoms with E-state index in [0.717, 1.165) is 36.6 Å². The summed E-state index contributed by atoms with van der Waals surface area (Å²) in [4.78, 5) is 2.74. The van der Waals surface area contributed by atoms with Crippen LogP contribution in [0, 0.1) is 12.8 Å². The summed E-state index contributed by atoms with van der Waals surface area (Å²) in [5.41, 5.74) is 7.66. The molecular weight excluding hydrogens is 244 g/mol. The van der Waals surface area contributed by atoms with Gasteiger partial charge in [0, 0.05) is 20.1 Å². The summed E-state index contributed by atoms with van der Waals surface area (Å²) in [5.74, 6) is 1.68. The zero-order valence-corrected chi connectivity index (χ0v) is 12.8. The van der Waals surface area contributed by atoms with Crippen molar-refractivity contribution in [2.45, 2.75) is 34.1 Å². The van der Waals surface area contributed by atoms with Gasteiger partial charge in [0.15, 0.2) is 0 Å². The van der Waals surface area contributed by atoms with Crippen LogP contribution in [0.15, 0.2) is 0 Å². The highest BCUT2D eigenvalue weighted by Gasteiger charge is 2.21. The van der Waals surface area contributed by atoms with Crippen LogP contribution < -0.4 is 10.6 Å². The van der Waals surface area contributed by atoms with Crippen LogP contribution in [0.25, 0.3) is 0 Å². The average Bonchev–Trinajstić information content (AvgIpc) is 2.60. The predicted molar refractivity (Wildman–Crippen MR) is 81.2 cm³/mol. The first kappa shape index (κ1) is 15.0. The van der Waals surface area contributed by atoms with Gasteiger partial charge in [0.05, 0.1) is 11.3 Å². The minimum Gasteiger partial charge on any atom is -0.389 e. The number of thiocarbonyl (C=S) groups is 1. The molecule has 1 aromatic rings. The fourth-order valence-electron chi connectivity index (χ4n) is 2.17. The van der Waals surface area contributed by atoms with Gasteiger partial charge in [-0.1, -0.05) is 32.5 Å². The van der Waals surface area contributed by atoms with Crippen molar-refractivity contribution in [2.24, 2.45) is 18.7 Å². The third kappa shape index (κ3) is 3.02. The second kappa shape index (κ2) is 6.18. The maximum Gasteiger partial charge on any atom is 0.137 e. The molecule has 0 aromatic carbocycles. The van der Waals surface area contributed by atoms with Gasteiger partial charge >= 0.3 is 0 Å². The van der Waals surface area contributed by atoms with Crippen molar-refractivity contribution < 1.29 is 0 Å². The number of nitrogens with zero attached hydrogens (tertiary/aromatic N) is 3. The topological polar surface area (TPSA) is 47.1 Å². The second-order valence-electron chi connectivity index (χ2n) is 4.82. The van der Waals surface area contributed by atoms with Crippen molar-refractivity contribution in [3.63, 3.8) is 0 Å². The lowest BCUT2D eigenvalue weighted by Crippen LogP contribution is -2.31. The van der Waals surface area contributed by atoms with E-state index in [1.165, 1.54) is 0 Å². The highest BCUT2D eigenvalue weighted by molar-refractivity contribution is 7.80. The van der Waals surface area contributed by atoms with Crippen molar-refractivity contribution >= 4 is 23.0 Å². The van der Waals surface area contributed by atoms with Crippen molar-refractivity contribution in [1.29, 1.82) is 0 Å². The highest BCUT2D eigenvalue weighted by atomic mass is 32.1. The Labute approximate surface area is 115 Å². The molecule has 0 saturated carbocycles. The minimum atomic E-state index is 0.429. The van der Waals surface area contributed by atoms with Gasteiger partial charge in [-0.15, -0.1) is 0 Å². The molecule has 2 N–H and O–H groups in total. The third-order valence-electron chi connectivity index (χ3n) is 3.35. The Morgan fingerprint density at radius 1 is 1.50 bits per heavy atom. The van der Waals surface area contributed by atoms with Crippen molar-refractivity contribution in [1.82, 2.24) is 9.78 Å². The van der Waals surface area contributed by atoms with Gasteiger partial charge in [-0.25, -0.2) is 0 Å². The molecule has 0 aliphatic carbocycles. The molecule has 0 amide bonds. The van der Waals surface area contributed by atoms with Crippen molar-refractivity contribution in [3.05, 3.63) is 11.3 Å². The number of aromatic nitrogens is 2. The quantitative estimate of drug-likeness (QED) is 0.804. The summed E-state index contributed by atoms with van der Waals surface area (Å²) in [7, 11) is 1.95. The lowest BCUT2D eigenvalue weighted by Gasteiger charge is -2.27. The van der Waals surface area contributed by atoms with Gasteiger partial charge in [0.1, 0.15) is 10.8 Å². The molecule has 0 fully saturated rings. The fraction of sp³-hybridized carbons (Fsp3) is 0.692. The van der Waals surface area contributed by atoms with E-state index in [9.17, 15) is 0 Å². The molecule has 0 bridgehead atoms. The molecule has 0 radical (unpaired) electrons. The van der Waals surface area contributed by atoms with Crippen LogP contribution in [0.2, 0.25) is 0 Å². The smallest absolute Gasteiger partial charge is 0.137 e. The Morgan fingerprint density at radius 2 is 2.11 bits per heavy atom. The Balaban J connectivity index is 3.16. The van der Waals surface area contributed by atoms with Gasteiger partial charge in [-0.2, -0.15) is 5.10 Å². The van der Waals surface area contributed by atoms with Gasteiger partial charge < -0.3 is 10.6 Å². The molecule has 4 nitrogen and oxygen atoms in total. The Kier molecular flexibility index (Phi) is 5.14. The largest absolute Gasteiger partial charge is 0.389 e. The van der Waals surface area contributed by atoms with Crippen LogP contribution in [-0.4, -0.2) is 27.9 Å². The summed E-state index contributed by atoms with van der Waals surface area (Å²) in [6.07, 6.45) is 1.16. The third-order valence-corrected chi connectivity index (χ3v) is 3.55. The first-order valence-electron chi connectivity index (χ1n) is 6.50. The monoisotopic (exact) mass is 268 g/mol. The van der Waals surface area contributed by atoms with Gasteiger partial charge in [-0.3, -0.25) is 4.68 Å². The molecule has 0 aliphatic heterocycles. The maximum absolute atomic E-state index is 5.84. The summed E-state index contributed by atoms with van der Waals surface area (Å²) < 4.78 is 1.88. The predicted octanol–water partition coefficient (Wildman–Crippen LogP) is 2.24. The van der Waals surface area contributed by atoms with E-state index in [1.807, 2.05) is 18.7 Å². The molecule has 0 aliphatic rings. The first-order valence-corrected chi connectivity index (χ1v) is 6.91. The summed E-state index contributed by atoms with van der Waals surface area (Å²) in [6, 6.07) is 0. The van der Waals surface area contributed by atoms with Crippen molar-refractivity contribution in [2.75, 3.05) is 18.0 Å². The molecule has 1 unspecified atom stereocenters. The number of hydrogen-bond acceptors (Lipinski definition) is 3. The van der Waals surface area contributed by atoms with E-state index < -0.39 is 0 Å². The number of hydrogen-bond donors (Lipinski definition) is 1. The molecule has 1 aromatic heterocycles. The van der Waals surface area contributed by atoms with Gasteiger partial charge in [0.2, 0.25) is 0 Å². The normalized spacial score (nSPS) is 12.5. The van der Waals surface area contributed by atoms with E-state index >= 15 is 0 Å². The van der Waals surface area contributed by atoms with E-state index in [2.05, 4.69) is 30.8 Å². The highest BCUT2D eigenvalue weighted by Crippen LogP contribution is 2.24. The Morgan fingerprint density at radius 3 is 2.56 bits per heavy atom. The average molecular weight is 268 g/mol. The lowest BCUT2D eigenvalue weighted by molar-refractivity contribution is 0.539. The van der Waals surface area contributed by atoms with Crippen molar-refractivity contribution in [3.8, 4) is 0 Å². The minimum absolute atomic E-state index is 0.429. The Bertz CT molecular complexity index is 425. The molecule has 0 saturated heterocycles. The van der Waals surface area contributed by atoms with Gasteiger partial charge in [-0.05, 0) is 19.8 Å². The summed E-state index contributed by atoms with van der Waals surface area (Å²) in [6.45, 7) is 10.5. The van der Waals surface area contributed by atoms with Crippen LogP contribution >= 0.6 is 12.2 Å².